The van der Waals surface area contributed by atoms with E-state index in [4.69, 9.17) is 9.47 Å². The van der Waals surface area contributed by atoms with E-state index in [2.05, 4.69) is 19.6 Å². The molecule has 0 aliphatic heterocycles. The van der Waals surface area contributed by atoms with Crippen LogP contribution in [0.5, 0.6) is 0 Å². The molecule has 0 aliphatic carbocycles. The smallest absolute Gasteiger partial charge is 0.305 e. The predicted octanol–water partition coefficient (Wildman–Crippen LogP) is 6.74. The molecule has 0 bridgehead atoms. The largest absolute Gasteiger partial charge is 0.466 e. The predicted molar refractivity (Wildman–Crippen MR) is 115 cm³/mol. The highest BCUT2D eigenvalue weighted by Gasteiger charge is 2.02. The van der Waals surface area contributed by atoms with Crippen LogP contribution < -0.4 is 0 Å². The van der Waals surface area contributed by atoms with Crippen molar-refractivity contribution in [3.8, 4) is 0 Å². The van der Waals surface area contributed by atoms with Gasteiger partial charge in [0.2, 0.25) is 0 Å². The lowest BCUT2D eigenvalue weighted by Gasteiger charge is -2.06. The number of ether oxygens (including phenoxy) is 2. The van der Waals surface area contributed by atoms with E-state index in [0.29, 0.717) is 13.0 Å². The van der Waals surface area contributed by atoms with Gasteiger partial charge in [-0.3, -0.25) is 4.79 Å². The highest BCUT2D eigenvalue weighted by atomic mass is 32.1. The van der Waals surface area contributed by atoms with Gasteiger partial charge >= 0.3 is 5.97 Å². The molecule has 0 N–H and O–H groups in total. The molecule has 0 amide bonds. The number of thiol groups is 1. The van der Waals surface area contributed by atoms with Gasteiger partial charge in [-0.1, -0.05) is 71.1 Å². The van der Waals surface area contributed by atoms with Crippen molar-refractivity contribution in [2.45, 2.75) is 110 Å². The van der Waals surface area contributed by atoms with Crippen molar-refractivity contribution < 1.29 is 14.3 Å². The molecule has 156 valence electrons. The topological polar surface area (TPSA) is 35.5 Å². The fraction of sp³-hybridized carbons (Fsp3) is 0.955. The van der Waals surface area contributed by atoms with Gasteiger partial charge < -0.3 is 9.47 Å². The molecule has 4 heteroatoms. The summed E-state index contributed by atoms with van der Waals surface area (Å²) in [5.74, 6) is 0.949. The molecular weight excluding hydrogens is 344 g/mol. The molecule has 0 aromatic carbocycles. The second-order valence-electron chi connectivity index (χ2n) is 7.26. The fourth-order valence-corrected chi connectivity index (χ4v) is 3.14. The third-order valence-corrected chi connectivity index (χ3v) is 4.94. The highest BCUT2D eigenvalue weighted by Crippen LogP contribution is 2.09. The van der Waals surface area contributed by atoms with E-state index in [-0.39, 0.29) is 5.97 Å². The lowest BCUT2D eigenvalue weighted by atomic mass is 10.1. The van der Waals surface area contributed by atoms with Crippen LogP contribution >= 0.6 is 12.6 Å². The first kappa shape index (κ1) is 25.8. The lowest BCUT2D eigenvalue weighted by Crippen LogP contribution is -2.05. The Kier molecular flexibility index (Phi) is 22.6. The van der Waals surface area contributed by atoms with Crippen LogP contribution in [0.2, 0.25) is 0 Å². The van der Waals surface area contributed by atoms with Crippen molar-refractivity contribution in [2.75, 3.05) is 25.6 Å². The number of rotatable bonds is 21. The van der Waals surface area contributed by atoms with Gasteiger partial charge in [0.1, 0.15) is 0 Å². The third-order valence-electron chi connectivity index (χ3n) is 4.63. The van der Waals surface area contributed by atoms with Crippen molar-refractivity contribution in [2.24, 2.45) is 0 Å². The van der Waals surface area contributed by atoms with Crippen LogP contribution in [-0.4, -0.2) is 31.5 Å². The Bertz CT molecular complexity index is 285. The first-order valence-corrected chi connectivity index (χ1v) is 11.8. The Balaban J connectivity index is 3.11. The molecule has 0 radical (unpaired) electrons. The molecule has 0 saturated carbocycles. The molecule has 0 saturated heterocycles. The van der Waals surface area contributed by atoms with Crippen LogP contribution in [0.25, 0.3) is 0 Å². The number of carbonyl (C=O) groups is 1. The summed E-state index contributed by atoms with van der Waals surface area (Å²) in [5, 5.41) is 0. The molecule has 0 aromatic rings. The lowest BCUT2D eigenvalue weighted by molar-refractivity contribution is -0.143. The number of esters is 1. The molecule has 26 heavy (non-hydrogen) atoms. The molecule has 0 heterocycles. The first-order chi connectivity index (χ1) is 12.8. The van der Waals surface area contributed by atoms with Gasteiger partial charge in [0, 0.05) is 19.6 Å². The Hall–Kier alpha value is -0.220. The zero-order chi connectivity index (χ0) is 19.1. The number of carbonyl (C=O) groups excluding carboxylic acids is 1. The second kappa shape index (κ2) is 22.8. The van der Waals surface area contributed by atoms with E-state index >= 15 is 0 Å². The maximum absolute atomic E-state index is 11.6. The zero-order valence-electron chi connectivity index (χ0n) is 17.3. The van der Waals surface area contributed by atoms with Gasteiger partial charge in [-0.15, -0.1) is 0 Å². The summed E-state index contributed by atoms with van der Waals surface area (Å²) in [6.07, 6.45) is 18.5. The first-order valence-electron chi connectivity index (χ1n) is 11.2. The van der Waals surface area contributed by atoms with Gasteiger partial charge in [-0.05, 0) is 37.9 Å². The number of hydrogen-bond acceptors (Lipinski definition) is 4. The van der Waals surface area contributed by atoms with Crippen molar-refractivity contribution in [1.82, 2.24) is 0 Å². The van der Waals surface area contributed by atoms with Crippen LogP contribution in [0.3, 0.4) is 0 Å². The van der Waals surface area contributed by atoms with Gasteiger partial charge in [0.05, 0.1) is 6.61 Å². The molecule has 3 nitrogen and oxygen atoms in total. The quantitative estimate of drug-likeness (QED) is 0.134. The van der Waals surface area contributed by atoms with E-state index in [1.54, 1.807) is 0 Å². The van der Waals surface area contributed by atoms with Gasteiger partial charge in [0.15, 0.2) is 0 Å². The highest BCUT2D eigenvalue weighted by molar-refractivity contribution is 7.80. The van der Waals surface area contributed by atoms with E-state index < -0.39 is 0 Å². The van der Waals surface area contributed by atoms with E-state index in [0.717, 1.165) is 44.6 Å². The maximum Gasteiger partial charge on any atom is 0.305 e. The van der Waals surface area contributed by atoms with E-state index in [9.17, 15) is 4.79 Å². The third kappa shape index (κ3) is 21.8. The standard InChI is InChI=1S/C22H44O3S/c1-2-3-4-13-18-24-19-14-9-5-6-10-15-20-25-22(23)17-12-8-7-11-16-21-26/h26H,2-21H2,1H3. The number of hydrogen-bond donors (Lipinski definition) is 1. The summed E-state index contributed by atoms with van der Waals surface area (Å²) < 4.78 is 10.9. The summed E-state index contributed by atoms with van der Waals surface area (Å²) in [6.45, 7) is 4.68. The summed E-state index contributed by atoms with van der Waals surface area (Å²) in [7, 11) is 0. The molecule has 0 rings (SSSR count). The normalized spacial score (nSPS) is 11.0. The second-order valence-corrected chi connectivity index (χ2v) is 7.70. The van der Waals surface area contributed by atoms with Crippen molar-refractivity contribution >= 4 is 18.6 Å². The summed E-state index contributed by atoms with van der Waals surface area (Å²) in [5.41, 5.74) is 0. The fourth-order valence-electron chi connectivity index (χ4n) is 2.92. The Labute approximate surface area is 168 Å². The summed E-state index contributed by atoms with van der Waals surface area (Å²) in [6, 6.07) is 0. The minimum absolute atomic E-state index is 0.0183. The van der Waals surface area contributed by atoms with Crippen LogP contribution in [0.4, 0.5) is 0 Å². The molecule has 0 atom stereocenters. The van der Waals surface area contributed by atoms with Gasteiger partial charge in [-0.2, -0.15) is 12.6 Å². The van der Waals surface area contributed by atoms with Crippen LogP contribution in [-0.2, 0) is 14.3 Å². The number of unbranched alkanes of at least 4 members (excludes halogenated alkanes) is 12. The van der Waals surface area contributed by atoms with Crippen LogP contribution in [0.15, 0.2) is 0 Å². The summed E-state index contributed by atoms with van der Waals surface area (Å²) >= 11 is 4.20. The monoisotopic (exact) mass is 388 g/mol. The molecule has 0 aliphatic rings. The minimum atomic E-state index is -0.0183. The Morgan fingerprint density at radius 2 is 1.15 bits per heavy atom. The molecule has 0 spiro atoms. The van der Waals surface area contributed by atoms with Gasteiger partial charge in [0.25, 0.3) is 0 Å². The molecule has 0 fully saturated rings. The van der Waals surface area contributed by atoms with Crippen molar-refractivity contribution in [3.63, 3.8) is 0 Å². The Morgan fingerprint density at radius 1 is 0.654 bits per heavy atom. The van der Waals surface area contributed by atoms with E-state index in [1.807, 2.05) is 0 Å². The maximum atomic E-state index is 11.6. The molecule has 0 aromatic heterocycles. The van der Waals surface area contributed by atoms with E-state index in [1.165, 1.54) is 70.6 Å². The summed E-state index contributed by atoms with van der Waals surface area (Å²) in [4.78, 5) is 11.6. The Morgan fingerprint density at radius 3 is 1.77 bits per heavy atom. The van der Waals surface area contributed by atoms with Crippen LogP contribution in [0.1, 0.15) is 110 Å². The average molecular weight is 389 g/mol. The minimum Gasteiger partial charge on any atom is -0.466 e. The SMILES string of the molecule is CCCCCCOCCCCCCCCOC(=O)CCCCCCCS. The van der Waals surface area contributed by atoms with Crippen molar-refractivity contribution in [3.05, 3.63) is 0 Å². The zero-order valence-corrected chi connectivity index (χ0v) is 18.2. The van der Waals surface area contributed by atoms with Gasteiger partial charge in [-0.25, -0.2) is 0 Å². The van der Waals surface area contributed by atoms with Crippen LogP contribution in [0, 0.1) is 0 Å². The van der Waals surface area contributed by atoms with Crippen molar-refractivity contribution in [1.29, 1.82) is 0 Å². The molecular formula is C22H44O3S. The molecule has 0 unspecified atom stereocenters. The average Bonchev–Trinajstić information content (AvgIpc) is 2.65.